The lowest BCUT2D eigenvalue weighted by atomic mass is 10.0. The van der Waals surface area contributed by atoms with Crippen molar-refractivity contribution in [2.24, 2.45) is 0 Å². The van der Waals surface area contributed by atoms with Crippen molar-refractivity contribution >= 4 is 11.8 Å². The minimum Gasteiger partial charge on any atom is -0.310 e. The van der Waals surface area contributed by atoms with Crippen LogP contribution in [0.25, 0.3) is 0 Å². The van der Waals surface area contributed by atoms with E-state index in [0.29, 0.717) is 0 Å². The van der Waals surface area contributed by atoms with Gasteiger partial charge in [0.1, 0.15) is 5.03 Å². The first-order valence-corrected chi connectivity index (χ1v) is 8.14. The Hall–Kier alpha value is -0.540. The zero-order valence-corrected chi connectivity index (χ0v) is 11.7. The van der Waals surface area contributed by atoms with Crippen LogP contribution in [0.1, 0.15) is 50.5 Å². The second-order valence-corrected chi connectivity index (χ2v) is 6.79. The van der Waals surface area contributed by atoms with Gasteiger partial charge in [-0.25, -0.2) is 4.98 Å². The van der Waals surface area contributed by atoms with E-state index >= 15 is 0 Å². The minimum absolute atomic E-state index is 0.776. The van der Waals surface area contributed by atoms with E-state index in [1.165, 1.54) is 55.5 Å². The van der Waals surface area contributed by atoms with Gasteiger partial charge in [0.25, 0.3) is 0 Å². The summed E-state index contributed by atoms with van der Waals surface area (Å²) in [5.74, 6) is 0. The lowest BCUT2D eigenvalue weighted by molar-refractivity contribution is 0.515. The quantitative estimate of drug-likeness (QED) is 0.874. The fraction of sp³-hybridized carbons (Fsp3) is 0.667. The zero-order valence-electron chi connectivity index (χ0n) is 10.9. The molecule has 0 atom stereocenters. The van der Waals surface area contributed by atoms with E-state index in [-0.39, 0.29) is 0 Å². The Labute approximate surface area is 114 Å². The molecule has 1 aromatic heterocycles. The third-order valence-corrected chi connectivity index (χ3v) is 5.23. The van der Waals surface area contributed by atoms with Crippen LogP contribution in [-0.2, 0) is 6.54 Å². The summed E-state index contributed by atoms with van der Waals surface area (Å²) in [6.45, 7) is 0.994. The normalized spacial score (nSPS) is 21.1. The molecule has 2 fully saturated rings. The molecule has 0 aromatic carbocycles. The average molecular weight is 262 g/mol. The number of nitrogens with one attached hydrogen (secondary N) is 1. The number of hydrogen-bond donors (Lipinski definition) is 1. The number of rotatable bonds is 5. The first kappa shape index (κ1) is 12.5. The minimum atomic E-state index is 0.776. The Kier molecular flexibility index (Phi) is 4.21. The van der Waals surface area contributed by atoms with Crippen LogP contribution in [0, 0.1) is 0 Å². The van der Waals surface area contributed by atoms with Gasteiger partial charge in [-0.05, 0) is 37.3 Å². The van der Waals surface area contributed by atoms with E-state index in [2.05, 4.69) is 22.4 Å². The lowest BCUT2D eigenvalue weighted by Gasteiger charge is -2.21. The predicted octanol–water partition coefficient (Wildman–Crippen LogP) is 3.76. The fourth-order valence-electron chi connectivity index (χ4n) is 2.55. The van der Waals surface area contributed by atoms with Gasteiger partial charge < -0.3 is 5.32 Å². The maximum atomic E-state index is 4.59. The summed E-state index contributed by atoms with van der Waals surface area (Å²) >= 11 is 2.01. The molecule has 0 aliphatic heterocycles. The Morgan fingerprint density at radius 2 is 2.00 bits per heavy atom. The molecule has 98 valence electrons. The SMILES string of the molecule is c1cnc(SC2CCCCC2)c(CNC2CC2)c1. The Morgan fingerprint density at radius 3 is 2.78 bits per heavy atom. The molecule has 18 heavy (non-hydrogen) atoms. The molecule has 0 unspecified atom stereocenters. The van der Waals surface area contributed by atoms with Crippen LogP contribution in [0.15, 0.2) is 23.4 Å². The van der Waals surface area contributed by atoms with Crippen molar-refractivity contribution in [2.45, 2.75) is 67.8 Å². The maximum absolute atomic E-state index is 4.59. The molecular formula is C15H22N2S. The Bertz CT molecular complexity index is 384. The summed E-state index contributed by atoms with van der Waals surface area (Å²) < 4.78 is 0. The van der Waals surface area contributed by atoms with E-state index in [1.807, 2.05) is 18.0 Å². The molecule has 0 saturated heterocycles. The van der Waals surface area contributed by atoms with E-state index in [0.717, 1.165) is 17.8 Å². The number of aromatic nitrogens is 1. The number of pyridine rings is 1. The average Bonchev–Trinajstić information content (AvgIpc) is 3.23. The third-order valence-electron chi connectivity index (χ3n) is 3.84. The van der Waals surface area contributed by atoms with Gasteiger partial charge in [-0.3, -0.25) is 0 Å². The van der Waals surface area contributed by atoms with Crippen molar-refractivity contribution in [1.29, 1.82) is 0 Å². The summed E-state index contributed by atoms with van der Waals surface area (Å²) in [6.07, 6.45) is 11.6. The molecule has 3 heteroatoms. The van der Waals surface area contributed by atoms with E-state index in [9.17, 15) is 0 Å². The first-order chi connectivity index (χ1) is 8.92. The standard InChI is InChI=1S/C15H22N2S/c1-2-6-14(7-3-1)18-15-12(5-4-10-16-15)11-17-13-8-9-13/h4-5,10,13-14,17H,1-3,6-9,11H2. The van der Waals surface area contributed by atoms with E-state index in [1.54, 1.807) is 0 Å². The molecule has 2 nitrogen and oxygen atoms in total. The zero-order chi connectivity index (χ0) is 12.2. The van der Waals surface area contributed by atoms with E-state index in [4.69, 9.17) is 0 Å². The molecule has 0 amide bonds. The van der Waals surface area contributed by atoms with E-state index < -0.39 is 0 Å². The molecule has 1 heterocycles. The van der Waals surface area contributed by atoms with Crippen molar-refractivity contribution in [3.05, 3.63) is 23.9 Å². The first-order valence-electron chi connectivity index (χ1n) is 7.26. The van der Waals surface area contributed by atoms with Gasteiger partial charge in [-0.1, -0.05) is 25.3 Å². The van der Waals surface area contributed by atoms with Crippen LogP contribution >= 0.6 is 11.8 Å². The summed E-state index contributed by atoms with van der Waals surface area (Å²) in [5, 5.41) is 5.66. The summed E-state index contributed by atoms with van der Waals surface area (Å²) in [7, 11) is 0. The van der Waals surface area contributed by atoms with Gasteiger partial charge in [0.05, 0.1) is 0 Å². The molecule has 0 spiro atoms. The van der Waals surface area contributed by atoms with Gasteiger partial charge in [0.15, 0.2) is 0 Å². The van der Waals surface area contributed by atoms with Gasteiger partial charge in [-0.15, -0.1) is 11.8 Å². The molecule has 2 saturated carbocycles. The van der Waals surface area contributed by atoms with Crippen molar-refractivity contribution in [3.8, 4) is 0 Å². The second kappa shape index (κ2) is 6.07. The molecular weight excluding hydrogens is 240 g/mol. The summed E-state index contributed by atoms with van der Waals surface area (Å²) in [6, 6.07) is 5.07. The fourth-order valence-corrected chi connectivity index (χ4v) is 3.85. The van der Waals surface area contributed by atoms with Crippen molar-refractivity contribution in [1.82, 2.24) is 10.3 Å². The number of nitrogens with zero attached hydrogens (tertiary/aromatic N) is 1. The molecule has 3 rings (SSSR count). The number of thioether (sulfide) groups is 1. The van der Waals surface area contributed by atoms with Crippen LogP contribution in [-0.4, -0.2) is 16.3 Å². The highest BCUT2D eigenvalue weighted by Gasteiger charge is 2.21. The topological polar surface area (TPSA) is 24.9 Å². The second-order valence-electron chi connectivity index (χ2n) is 5.50. The van der Waals surface area contributed by atoms with Gasteiger partial charge in [0.2, 0.25) is 0 Å². The molecule has 0 radical (unpaired) electrons. The van der Waals surface area contributed by atoms with Gasteiger partial charge in [-0.2, -0.15) is 0 Å². The van der Waals surface area contributed by atoms with Crippen LogP contribution < -0.4 is 5.32 Å². The number of hydrogen-bond acceptors (Lipinski definition) is 3. The molecule has 2 aliphatic rings. The highest BCUT2D eigenvalue weighted by Crippen LogP contribution is 2.34. The van der Waals surface area contributed by atoms with Crippen LogP contribution in [0.2, 0.25) is 0 Å². The van der Waals surface area contributed by atoms with Crippen LogP contribution in [0.4, 0.5) is 0 Å². The van der Waals surface area contributed by atoms with Crippen molar-refractivity contribution in [2.75, 3.05) is 0 Å². The van der Waals surface area contributed by atoms with Crippen LogP contribution in [0.5, 0.6) is 0 Å². The van der Waals surface area contributed by atoms with Crippen molar-refractivity contribution < 1.29 is 0 Å². The Balaban J connectivity index is 1.61. The molecule has 1 N–H and O–H groups in total. The largest absolute Gasteiger partial charge is 0.310 e. The van der Waals surface area contributed by atoms with Crippen molar-refractivity contribution in [3.63, 3.8) is 0 Å². The molecule has 1 aromatic rings. The highest BCUT2D eigenvalue weighted by molar-refractivity contribution is 7.99. The van der Waals surface area contributed by atoms with Gasteiger partial charge in [0, 0.05) is 24.0 Å². The predicted molar refractivity (Wildman–Crippen MR) is 76.8 cm³/mol. The summed E-state index contributed by atoms with van der Waals surface area (Å²) in [4.78, 5) is 4.59. The van der Waals surface area contributed by atoms with Gasteiger partial charge >= 0.3 is 0 Å². The lowest BCUT2D eigenvalue weighted by Crippen LogP contribution is -2.16. The molecule has 0 bridgehead atoms. The van der Waals surface area contributed by atoms with Crippen LogP contribution in [0.3, 0.4) is 0 Å². The monoisotopic (exact) mass is 262 g/mol. The molecule has 2 aliphatic carbocycles. The smallest absolute Gasteiger partial charge is 0.101 e. The third kappa shape index (κ3) is 3.48. The maximum Gasteiger partial charge on any atom is 0.101 e. The Morgan fingerprint density at radius 1 is 1.17 bits per heavy atom. The summed E-state index contributed by atoms with van der Waals surface area (Å²) in [5.41, 5.74) is 1.39. The highest BCUT2D eigenvalue weighted by atomic mass is 32.2.